The molecule has 0 saturated heterocycles. The zero-order valence-electron chi connectivity index (χ0n) is 14.4. The fourth-order valence-corrected chi connectivity index (χ4v) is 3.08. The number of ketones is 1. The van der Waals surface area contributed by atoms with Crippen LogP contribution in [-0.4, -0.2) is 26.2 Å². The van der Waals surface area contributed by atoms with Crippen LogP contribution in [0.1, 0.15) is 42.3 Å². The highest BCUT2D eigenvalue weighted by Crippen LogP contribution is 2.46. The van der Waals surface area contributed by atoms with E-state index in [1.807, 2.05) is 19.9 Å². The van der Waals surface area contributed by atoms with E-state index in [-0.39, 0.29) is 40.1 Å². The molecule has 1 aliphatic rings. The first-order chi connectivity index (χ1) is 12.3. The van der Waals surface area contributed by atoms with Crippen molar-refractivity contribution in [2.24, 2.45) is 5.92 Å². The Labute approximate surface area is 150 Å². The van der Waals surface area contributed by atoms with Crippen molar-refractivity contribution >= 4 is 5.78 Å². The fourth-order valence-electron chi connectivity index (χ4n) is 3.08. The van der Waals surface area contributed by atoms with Gasteiger partial charge in [-0.25, -0.2) is 0 Å². The Hall–Kier alpha value is -3.15. The van der Waals surface area contributed by atoms with E-state index in [4.69, 9.17) is 4.74 Å². The van der Waals surface area contributed by atoms with Gasteiger partial charge in [-0.3, -0.25) is 4.79 Å². The van der Waals surface area contributed by atoms with Gasteiger partial charge in [-0.1, -0.05) is 17.7 Å². The summed E-state index contributed by atoms with van der Waals surface area (Å²) >= 11 is 0. The molecule has 0 aliphatic carbocycles. The molecule has 0 bridgehead atoms. The van der Waals surface area contributed by atoms with Crippen molar-refractivity contribution in [1.82, 2.24) is 0 Å². The van der Waals surface area contributed by atoms with Crippen LogP contribution in [0.4, 0.5) is 0 Å². The summed E-state index contributed by atoms with van der Waals surface area (Å²) in [6.45, 7) is 3.83. The van der Waals surface area contributed by atoms with Gasteiger partial charge < -0.3 is 25.2 Å². The Morgan fingerprint density at radius 1 is 1.04 bits per heavy atom. The first kappa shape index (κ1) is 17.7. The third kappa shape index (κ3) is 3.18. The standard InChI is InChI=1S/C20H20O6/c1-10(2)3-5-13-19(25)18-16(24)8-12(21)9-17(18)26-20(13)11-4-6-14(22)15(23)7-11/h3-4,6-9,13,20-24H,5H2,1-2H3/t13-,20-/m0/s1. The van der Waals surface area contributed by atoms with Crippen molar-refractivity contribution in [2.45, 2.75) is 26.4 Å². The van der Waals surface area contributed by atoms with Crippen molar-refractivity contribution in [2.75, 3.05) is 0 Å². The third-order valence-electron chi connectivity index (χ3n) is 4.38. The van der Waals surface area contributed by atoms with E-state index >= 15 is 0 Å². The van der Waals surface area contributed by atoms with Crippen molar-refractivity contribution in [3.63, 3.8) is 0 Å². The Morgan fingerprint density at radius 3 is 2.42 bits per heavy atom. The third-order valence-corrected chi connectivity index (χ3v) is 4.38. The molecule has 2 aromatic rings. The molecule has 2 atom stereocenters. The molecule has 136 valence electrons. The molecule has 3 rings (SSSR count). The second kappa shape index (κ2) is 6.63. The van der Waals surface area contributed by atoms with Crippen LogP contribution < -0.4 is 4.74 Å². The number of ether oxygens (including phenoxy) is 1. The predicted molar refractivity (Wildman–Crippen MR) is 94.8 cm³/mol. The highest BCUT2D eigenvalue weighted by Gasteiger charge is 2.39. The number of phenols is 4. The molecule has 6 nitrogen and oxygen atoms in total. The molecule has 1 heterocycles. The van der Waals surface area contributed by atoms with Gasteiger partial charge in [-0.15, -0.1) is 0 Å². The summed E-state index contributed by atoms with van der Waals surface area (Å²) in [5.41, 5.74) is 1.58. The molecule has 4 N–H and O–H groups in total. The van der Waals surface area contributed by atoms with Crippen molar-refractivity contribution in [1.29, 1.82) is 0 Å². The summed E-state index contributed by atoms with van der Waals surface area (Å²) in [7, 11) is 0. The molecule has 0 saturated carbocycles. The smallest absolute Gasteiger partial charge is 0.177 e. The van der Waals surface area contributed by atoms with Gasteiger partial charge in [0, 0.05) is 12.1 Å². The van der Waals surface area contributed by atoms with E-state index in [0.717, 1.165) is 11.6 Å². The quantitative estimate of drug-likeness (QED) is 0.492. The number of aromatic hydroxyl groups is 4. The molecule has 2 aromatic carbocycles. The minimum atomic E-state index is -0.738. The van der Waals surface area contributed by atoms with Crippen LogP contribution in [0.25, 0.3) is 0 Å². The van der Waals surface area contributed by atoms with Gasteiger partial charge in [0.15, 0.2) is 17.3 Å². The van der Waals surface area contributed by atoms with Gasteiger partial charge in [-0.05, 0) is 38.0 Å². The minimum Gasteiger partial charge on any atom is -0.508 e. The molecule has 0 amide bonds. The molecule has 0 aromatic heterocycles. The second-order valence-electron chi connectivity index (χ2n) is 6.61. The van der Waals surface area contributed by atoms with Crippen molar-refractivity contribution < 1.29 is 30.0 Å². The van der Waals surface area contributed by atoms with Crippen molar-refractivity contribution in [3.05, 3.63) is 53.1 Å². The molecule has 0 radical (unpaired) electrons. The maximum atomic E-state index is 13.0. The zero-order valence-corrected chi connectivity index (χ0v) is 14.4. The largest absolute Gasteiger partial charge is 0.508 e. The molecular formula is C20H20O6. The van der Waals surface area contributed by atoms with Gasteiger partial charge in [0.2, 0.25) is 0 Å². The number of rotatable bonds is 3. The average Bonchev–Trinajstić information content (AvgIpc) is 2.55. The number of carbonyl (C=O) groups excluding carboxylic acids is 1. The zero-order chi connectivity index (χ0) is 19.0. The van der Waals surface area contributed by atoms with Gasteiger partial charge in [0.05, 0.1) is 5.92 Å². The van der Waals surface area contributed by atoms with Crippen LogP contribution in [-0.2, 0) is 0 Å². The molecular weight excluding hydrogens is 336 g/mol. The number of benzene rings is 2. The lowest BCUT2D eigenvalue weighted by molar-refractivity contribution is 0.0653. The van der Waals surface area contributed by atoms with Gasteiger partial charge >= 0.3 is 0 Å². The van der Waals surface area contributed by atoms with Crippen LogP contribution in [0, 0.1) is 5.92 Å². The van der Waals surface area contributed by atoms with Gasteiger partial charge in [0.25, 0.3) is 0 Å². The van der Waals surface area contributed by atoms with E-state index in [1.54, 1.807) is 6.07 Å². The van der Waals surface area contributed by atoms with Gasteiger partial charge in [-0.2, -0.15) is 0 Å². The first-order valence-electron chi connectivity index (χ1n) is 8.20. The Morgan fingerprint density at radius 2 is 1.77 bits per heavy atom. The maximum absolute atomic E-state index is 13.0. The molecule has 0 spiro atoms. The molecule has 0 fully saturated rings. The monoisotopic (exact) mass is 356 g/mol. The Bertz CT molecular complexity index is 895. The number of Topliss-reactive ketones (excluding diaryl/α,β-unsaturated/α-hetero) is 1. The normalized spacial score (nSPS) is 18.8. The first-order valence-corrected chi connectivity index (χ1v) is 8.20. The number of fused-ring (bicyclic) bond motifs is 1. The van der Waals surface area contributed by atoms with Crippen LogP contribution in [0.5, 0.6) is 28.7 Å². The summed E-state index contributed by atoms with van der Waals surface area (Å²) in [6, 6.07) is 6.61. The van der Waals surface area contributed by atoms with E-state index in [2.05, 4.69) is 0 Å². The number of allylic oxidation sites excluding steroid dienone is 2. The van der Waals surface area contributed by atoms with Crippen LogP contribution in [0.15, 0.2) is 42.0 Å². The number of hydrogen-bond donors (Lipinski definition) is 4. The minimum absolute atomic E-state index is 0.0363. The number of phenolic OH excluding ortho intramolecular Hbond substituents is 4. The van der Waals surface area contributed by atoms with Crippen LogP contribution >= 0.6 is 0 Å². The fraction of sp³-hybridized carbons (Fsp3) is 0.250. The molecule has 0 unspecified atom stereocenters. The molecule has 1 aliphatic heterocycles. The second-order valence-corrected chi connectivity index (χ2v) is 6.61. The lowest BCUT2D eigenvalue weighted by Gasteiger charge is -2.33. The van der Waals surface area contributed by atoms with Crippen LogP contribution in [0.3, 0.4) is 0 Å². The summed E-state index contributed by atoms with van der Waals surface area (Å²) in [6.07, 6.45) is 1.55. The average molecular weight is 356 g/mol. The maximum Gasteiger partial charge on any atom is 0.177 e. The summed E-state index contributed by atoms with van der Waals surface area (Å²) in [4.78, 5) is 13.0. The van der Waals surface area contributed by atoms with E-state index < -0.39 is 12.0 Å². The lowest BCUT2D eigenvalue weighted by Crippen LogP contribution is -2.31. The number of carbonyl (C=O) groups is 1. The summed E-state index contributed by atoms with van der Waals surface area (Å²) in [5, 5.41) is 39.1. The summed E-state index contributed by atoms with van der Waals surface area (Å²) < 4.78 is 5.93. The van der Waals surface area contributed by atoms with E-state index in [9.17, 15) is 25.2 Å². The topological polar surface area (TPSA) is 107 Å². The van der Waals surface area contributed by atoms with Crippen LogP contribution in [0.2, 0.25) is 0 Å². The Balaban J connectivity index is 2.11. The summed E-state index contributed by atoms with van der Waals surface area (Å²) in [5.74, 6) is -1.99. The lowest BCUT2D eigenvalue weighted by atomic mass is 9.82. The SMILES string of the molecule is CC(C)=CC[C@H]1C(=O)c2c(O)cc(O)cc2O[C@H]1c1ccc(O)c(O)c1. The van der Waals surface area contributed by atoms with E-state index in [1.165, 1.54) is 18.2 Å². The Kier molecular flexibility index (Phi) is 4.50. The van der Waals surface area contributed by atoms with Gasteiger partial charge in [0.1, 0.15) is 28.9 Å². The predicted octanol–water partition coefficient (Wildman–Crippen LogP) is 3.80. The number of hydrogen-bond acceptors (Lipinski definition) is 6. The highest BCUT2D eigenvalue weighted by molar-refractivity contribution is 6.04. The molecule has 6 heteroatoms. The van der Waals surface area contributed by atoms with E-state index in [0.29, 0.717) is 12.0 Å². The highest BCUT2D eigenvalue weighted by atomic mass is 16.5. The van der Waals surface area contributed by atoms with Crippen molar-refractivity contribution in [3.8, 4) is 28.7 Å². The molecule has 26 heavy (non-hydrogen) atoms.